The first kappa shape index (κ1) is 21.3. The Balaban J connectivity index is 1.64. The molecule has 2 aromatic carbocycles. The van der Waals surface area contributed by atoms with E-state index < -0.39 is 0 Å². The van der Waals surface area contributed by atoms with Gasteiger partial charge in [0.25, 0.3) is 0 Å². The van der Waals surface area contributed by atoms with E-state index in [-0.39, 0.29) is 11.9 Å². The van der Waals surface area contributed by atoms with Crippen molar-refractivity contribution in [2.24, 2.45) is 0 Å². The lowest BCUT2D eigenvalue weighted by Crippen LogP contribution is -2.47. The van der Waals surface area contributed by atoms with E-state index in [1.807, 2.05) is 36.2 Å². The molecule has 1 N–H and O–H groups in total. The number of amides is 1. The fraction of sp³-hybridized carbons (Fsp3) is 0.458. The number of benzene rings is 2. The van der Waals surface area contributed by atoms with Gasteiger partial charge < -0.3 is 15.0 Å². The lowest BCUT2D eigenvalue weighted by atomic mass is 10.0. The van der Waals surface area contributed by atoms with Gasteiger partial charge in [-0.2, -0.15) is 0 Å². The number of rotatable bonds is 7. The van der Waals surface area contributed by atoms with Crippen molar-refractivity contribution in [1.29, 1.82) is 0 Å². The zero-order valence-electron chi connectivity index (χ0n) is 17.8. The van der Waals surface area contributed by atoms with Gasteiger partial charge in [-0.25, -0.2) is 0 Å². The van der Waals surface area contributed by atoms with E-state index in [1.54, 1.807) is 7.11 Å². The van der Waals surface area contributed by atoms with Gasteiger partial charge in [-0.05, 0) is 31.5 Å². The van der Waals surface area contributed by atoms with Crippen molar-refractivity contribution in [3.8, 4) is 5.75 Å². The topological polar surface area (TPSA) is 44.8 Å². The molecule has 156 valence electrons. The number of carbonyl (C=O) groups is 1. The predicted octanol–water partition coefficient (Wildman–Crippen LogP) is 3.47. The molecule has 0 aliphatic carbocycles. The average molecular weight is 396 g/mol. The van der Waals surface area contributed by atoms with Crippen LogP contribution in [0.15, 0.2) is 54.6 Å². The van der Waals surface area contributed by atoms with Gasteiger partial charge in [-0.3, -0.25) is 9.69 Å². The van der Waals surface area contributed by atoms with Crippen LogP contribution < -0.4 is 10.1 Å². The standard InChI is InChI=1S/C24H33N3O2/c1-4-22(26(2)18-20-12-8-9-13-23(20)29-3)24(28)27-16-14-21(25-15-17-27)19-10-6-5-7-11-19/h5-13,21-22,25H,4,14-18H2,1-3H3. The van der Waals surface area contributed by atoms with E-state index in [9.17, 15) is 4.79 Å². The van der Waals surface area contributed by atoms with Crippen LogP contribution in [0, 0.1) is 0 Å². The van der Waals surface area contributed by atoms with Gasteiger partial charge in [-0.15, -0.1) is 0 Å². The molecule has 2 unspecified atom stereocenters. The third-order valence-corrected chi connectivity index (χ3v) is 5.79. The smallest absolute Gasteiger partial charge is 0.239 e. The number of nitrogens with zero attached hydrogens (tertiary/aromatic N) is 2. The summed E-state index contributed by atoms with van der Waals surface area (Å²) in [6, 6.07) is 18.7. The van der Waals surface area contributed by atoms with Crippen LogP contribution in [0.1, 0.15) is 36.9 Å². The SMILES string of the molecule is CCC(C(=O)N1CCNC(c2ccccc2)CC1)N(C)Cc1ccccc1OC. The summed E-state index contributed by atoms with van der Waals surface area (Å²) in [5.74, 6) is 1.09. The van der Waals surface area contributed by atoms with Crippen LogP contribution in [0.4, 0.5) is 0 Å². The fourth-order valence-electron chi connectivity index (χ4n) is 4.16. The maximum atomic E-state index is 13.3. The van der Waals surface area contributed by atoms with Crippen LogP contribution in [0.25, 0.3) is 0 Å². The highest BCUT2D eigenvalue weighted by atomic mass is 16.5. The van der Waals surface area contributed by atoms with Crippen molar-refractivity contribution in [1.82, 2.24) is 15.1 Å². The van der Waals surface area contributed by atoms with E-state index in [1.165, 1.54) is 5.56 Å². The largest absolute Gasteiger partial charge is 0.496 e. The van der Waals surface area contributed by atoms with Crippen molar-refractivity contribution in [3.63, 3.8) is 0 Å². The summed E-state index contributed by atoms with van der Waals surface area (Å²) in [6.45, 7) is 5.13. The van der Waals surface area contributed by atoms with Crippen molar-refractivity contribution in [2.45, 2.75) is 38.4 Å². The molecule has 1 heterocycles. The van der Waals surface area contributed by atoms with E-state index >= 15 is 0 Å². The molecular weight excluding hydrogens is 362 g/mol. The van der Waals surface area contributed by atoms with Crippen LogP contribution in [0.5, 0.6) is 5.75 Å². The quantitative estimate of drug-likeness (QED) is 0.780. The molecule has 5 nitrogen and oxygen atoms in total. The third kappa shape index (κ3) is 5.37. The monoisotopic (exact) mass is 395 g/mol. The molecule has 1 saturated heterocycles. The molecule has 0 bridgehead atoms. The normalized spacial score (nSPS) is 18.3. The number of hydrogen-bond donors (Lipinski definition) is 1. The average Bonchev–Trinajstić information content (AvgIpc) is 3.01. The van der Waals surface area contributed by atoms with E-state index in [0.717, 1.165) is 43.8 Å². The molecular formula is C24H33N3O2. The fourth-order valence-corrected chi connectivity index (χ4v) is 4.16. The molecule has 1 aliphatic rings. The van der Waals surface area contributed by atoms with Crippen molar-refractivity contribution in [2.75, 3.05) is 33.8 Å². The van der Waals surface area contributed by atoms with E-state index in [0.29, 0.717) is 12.6 Å². The zero-order valence-corrected chi connectivity index (χ0v) is 17.8. The summed E-state index contributed by atoms with van der Waals surface area (Å²) in [7, 11) is 3.72. The van der Waals surface area contributed by atoms with Crippen molar-refractivity contribution < 1.29 is 9.53 Å². The number of carbonyl (C=O) groups excluding carboxylic acids is 1. The van der Waals surface area contributed by atoms with Gasteiger partial charge in [-0.1, -0.05) is 55.5 Å². The van der Waals surface area contributed by atoms with Crippen LogP contribution in [0.2, 0.25) is 0 Å². The third-order valence-electron chi connectivity index (χ3n) is 5.79. The second kappa shape index (κ2) is 10.4. The Morgan fingerprint density at radius 3 is 2.62 bits per heavy atom. The number of ether oxygens (including phenoxy) is 1. The van der Waals surface area contributed by atoms with Crippen molar-refractivity contribution >= 4 is 5.91 Å². The first-order valence-corrected chi connectivity index (χ1v) is 10.5. The predicted molar refractivity (Wildman–Crippen MR) is 117 cm³/mol. The zero-order chi connectivity index (χ0) is 20.6. The Kier molecular flexibility index (Phi) is 7.67. The van der Waals surface area contributed by atoms with Gasteiger partial charge >= 0.3 is 0 Å². The number of methoxy groups -OCH3 is 1. The molecule has 0 saturated carbocycles. The Labute approximate surface area is 174 Å². The number of likely N-dealkylation sites (N-methyl/N-ethyl adjacent to an activating group) is 1. The summed E-state index contributed by atoms with van der Waals surface area (Å²) < 4.78 is 5.48. The maximum absolute atomic E-state index is 13.3. The number of hydrogen-bond acceptors (Lipinski definition) is 4. The van der Waals surface area contributed by atoms with Gasteiger partial charge in [0.05, 0.1) is 13.2 Å². The maximum Gasteiger partial charge on any atom is 0.239 e. The minimum Gasteiger partial charge on any atom is -0.496 e. The van der Waals surface area contributed by atoms with Gasteiger partial charge in [0.2, 0.25) is 5.91 Å². The minimum atomic E-state index is -0.131. The van der Waals surface area contributed by atoms with Crippen molar-refractivity contribution in [3.05, 3.63) is 65.7 Å². The highest BCUT2D eigenvalue weighted by molar-refractivity contribution is 5.82. The Morgan fingerprint density at radius 1 is 1.17 bits per heavy atom. The van der Waals surface area contributed by atoms with Crippen LogP contribution in [0.3, 0.4) is 0 Å². The van der Waals surface area contributed by atoms with Crippen LogP contribution >= 0.6 is 0 Å². The Morgan fingerprint density at radius 2 is 1.90 bits per heavy atom. The summed E-state index contributed by atoms with van der Waals surface area (Å²) in [5.41, 5.74) is 2.40. The van der Waals surface area contributed by atoms with Gasteiger partial charge in [0, 0.05) is 37.8 Å². The summed E-state index contributed by atoms with van der Waals surface area (Å²) in [6.07, 6.45) is 1.72. The summed E-state index contributed by atoms with van der Waals surface area (Å²) in [4.78, 5) is 17.5. The molecule has 1 fully saturated rings. The van der Waals surface area contributed by atoms with Gasteiger partial charge in [0.1, 0.15) is 5.75 Å². The highest BCUT2D eigenvalue weighted by Crippen LogP contribution is 2.22. The molecule has 3 rings (SSSR count). The number of nitrogens with one attached hydrogen (secondary N) is 1. The first-order valence-electron chi connectivity index (χ1n) is 10.5. The Hall–Kier alpha value is -2.37. The summed E-state index contributed by atoms with van der Waals surface area (Å²) >= 11 is 0. The second-order valence-corrected chi connectivity index (χ2v) is 7.68. The van der Waals surface area contributed by atoms with E-state index in [4.69, 9.17) is 4.74 Å². The lowest BCUT2D eigenvalue weighted by Gasteiger charge is -2.31. The number of para-hydroxylation sites is 1. The molecule has 2 aromatic rings. The highest BCUT2D eigenvalue weighted by Gasteiger charge is 2.29. The molecule has 1 amide bonds. The Bertz CT molecular complexity index is 781. The van der Waals surface area contributed by atoms with Crippen LogP contribution in [-0.4, -0.2) is 55.5 Å². The molecule has 0 aromatic heterocycles. The van der Waals surface area contributed by atoms with Gasteiger partial charge in [0.15, 0.2) is 0 Å². The summed E-state index contributed by atoms with van der Waals surface area (Å²) in [5, 5.41) is 3.60. The second-order valence-electron chi connectivity index (χ2n) is 7.68. The molecule has 2 atom stereocenters. The molecule has 0 spiro atoms. The molecule has 29 heavy (non-hydrogen) atoms. The molecule has 1 aliphatic heterocycles. The molecule has 5 heteroatoms. The minimum absolute atomic E-state index is 0.131. The first-order chi connectivity index (χ1) is 14.1. The lowest BCUT2D eigenvalue weighted by molar-refractivity contribution is -0.136. The van der Waals surface area contributed by atoms with E-state index in [2.05, 4.69) is 47.5 Å². The van der Waals surface area contributed by atoms with Crippen LogP contribution in [-0.2, 0) is 11.3 Å². The molecule has 0 radical (unpaired) electrons.